The van der Waals surface area contributed by atoms with E-state index < -0.39 is 0 Å². The fraction of sp³-hybridized carbons (Fsp3) is 0.393. The molecule has 1 saturated carbocycles. The van der Waals surface area contributed by atoms with Crippen molar-refractivity contribution in [3.8, 4) is 5.75 Å². The molecule has 0 radical (unpaired) electrons. The number of likely N-dealkylation sites (tertiary alicyclic amines) is 1. The van der Waals surface area contributed by atoms with E-state index in [-0.39, 0.29) is 11.8 Å². The first-order chi connectivity index (χ1) is 17.4. The average molecular weight is 489 g/mol. The molecule has 3 N–H and O–H groups in total. The number of benzene rings is 1. The zero-order valence-electron chi connectivity index (χ0n) is 20.9. The van der Waals surface area contributed by atoms with Gasteiger partial charge in [-0.3, -0.25) is 9.59 Å². The Balaban J connectivity index is 1.41. The molecule has 8 nitrogen and oxygen atoms in total. The van der Waals surface area contributed by atoms with Gasteiger partial charge < -0.3 is 29.8 Å². The van der Waals surface area contributed by atoms with Gasteiger partial charge in [-0.2, -0.15) is 0 Å². The summed E-state index contributed by atoms with van der Waals surface area (Å²) in [4.78, 5) is 31.0. The maximum atomic E-state index is 13.5. The molecule has 2 amide bonds. The number of carbonyl (C=O) groups is 2. The lowest BCUT2D eigenvalue weighted by atomic mass is 9.85. The number of nitrogens with zero attached hydrogens (tertiary/aromatic N) is 1. The minimum absolute atomic E-state index is 0.0628. The number of allylic oxidation sites excluding steroid dienone is 1. The second-order valence-corrected chi connectivity index (χ2v) is 9.67. The maximum Gasteiger partial charge on any atom is 0.255 e. The number of hydrogen-bond acceptors (Lipinski definition) is 5. The van der Waals surface area contributed by atoms with Crippen LogP contribution in [0, 0.1) is 25.2 Å². The fourth-order valence-corrected chi connectivity index (χ4v) is 5.83. The Morgan fingerprint density at radius 2 is 2.03 bits per heavy atom. The summed E-state index contributed by atoms with van der Waals surface area (Å²) in [6.07, 6.45) is 10.3. The van der Waals surface area contributed by atoms with Crippen LogP contribution in [0.15, 0.2) is 34.9 Å². The van der Waals surface area contributed by atoms with E-state index in [2.05, 4.69) is 15.2 Å². The first kappa shape index (κ1) is 23.9. The van der Waals surface area contributed by atoms with E-state index in [4.69, 9.17) is 14.6 Å². The highest BCUT2D eigenvalue weighted by atomic mass is 16.5. The Kier molecular flexibility index (Phi) is 6.43. The molecule has 2 atom stereocenters. The van der Waals surface area contributed by atoms with Crippen LogP contribution in [0.1, 0.15) is 69.8 Å². The monoisotopic (exact) mass is 488 g/mol. The largest absolute Gasteiger partial charge is 0.460 e. The van der Waals surface area contributed by atoms with Gasteiger partial charge in [0.05, 0.1) is 16.8 Å². The van der Waals surface area contributed by atoms with Gasteiger partial charge in [0.2, 0.25) is 0 Å². The SMILES string of the molecule is CNC(=O)c1c(C)oc2cc(O/C(=C/C=N)c3[nH]cc(C(=O)N4CC[C@@H]5CCCC[C@@H]54)c3C)ccc12. The van der Waals surface area contributed by atoms with Crippen LogP contribution in [-0.2, 0) is 0 Å². The van der Waals surface area contributed by atoms with E-state index in [1.54, 1.807) is 44.4 Å². The number of ether oxygens (including phenoxy) is 1. The Morgan fingerprint density at radius 1 is 1.22 bits per heavy atom. The van der Waals surface area contributed by atoms with E-state index in [0.717, 1.165) is 31.2 Å². The number of fused-ring (bicyclic) bond motifs is 2. The lowest BCUT2D eigenvalue weighted by Crippen LogP contribution is -2.39. The number of carbonyl (C=O) groups excluding carboxylic acids is 2. The van der Waals surface area contributed by atoms with Crippen molar-refractivity contribution in [3.05, 3.63) is 58.6 Å². The van der Waals surface area contributed by atoms with Gasteiger partial charge >= 0.3 is 0 Å². The molecule has 2 aromatic heterocycles. The number of furan rings is 1. The minimum atomic E-state index is -0.207. The van der Waals surface area contributed by atoms with Crippen molar-refractivity contribution in [3.63, 3.8) is 0 Å². The fourth-order valence-electron chi connectivity index (χ4n) is 5.83. The quantitative estimate of drug-likeness (QED) is 0.327. The Hall–Kier alpha value is -3.81. The molecular formula is C28H32N4O4. The third kappa shape index (κ3) is 4.10. The van der Waals surface area contributed by atoms with Crippen molar-refractivity contribution >= 4 is 34.8 Å². The summed E-state index contributed by atoms with van der Waals surface area (Å²) in [5, 5.41) is 11.0. The molecule has 1 aliphatic carbocycles. The van der Waals surface area contributed by atoms with Crippen molar-refractivity contribution in [2.45, 2.75) is 52.0 Å². The van der Waals surface area contributed by atoms with Gasteiger partial charge in [-0.25, -0.2) is 0 Å². The predicted molar refractivity (Wildman–Crippen MR) is 139 cm³/mol. The molecule has 8 heteroatoms. The summed E-state index contributed by atoms with van der Waals surface area (Å²) in [6, 6.07) is 5.63. The zero-order chi connectivity index (χ0) is 25.4. The molecule has 1 aromatic carbocycles. The molecule has 5 rings (SSSR count). The van der Waals surface area contributed by atoms with Crippen molar-refractivity contribution < 1.29 is 18.7 Å². The minimum Gasteiger partial charge on any atom is -0.460 e. The van der Waals surface area contributed by atoms with E-state index in [9.17, 15) is 9.59 Å². The van der Waals surface area contributed by atoms with E-state index in [1.807, 2.05) is 6.92 Å². The third-order valence-electron chi connectivity index (χ3n) is 7.64. The number of amides is 2. The van der Waals surface area contributed by atoms with Gasteiger partial charge in [0.25, 0.3) is 11.8 Å². The summed E-state index contributed by atoms with van der Waals surface area (Å²) >= 11 is 0. The molecule has 1 saturated heterocycles. The number of aryl methyl sites for hydroxylation is 1. The topological polar surface area (TPSA) is 111 Å². The molecule has 0 unspecified atom stereocenters. The Bertz CT molecular complexity index is 1370. The molecule has 2 aliphatic rings. The lowest BCUT2D eigenvalue weighted by molar-refractivity contribution is 0.0689. The summed E-state index contributed by atoms with van der Waals surface area (Å²) < 4.78 is 12.0. The summed E-state index contributed by atoms with van der Waals surface area (Å²) in [5.74, 6) is 1.94. The van der Waals surface area contributed by atoms with Crippen LogP contribution < -0.4 is 10.1 Å². The number of nitrogens with one attached hydrogen (secondary N) is 3. The Labute approximate surface area is 210 Å². The smallest absolute Gasteiger partial charge is 0.255 e. The van der Waals surface area contributed by atoms with Crippen molar-refractivity contribution in [2.24, 2.45) is 5.92 Å². The number of aromatic nitrogens is 1. The summed E-state index contributed by atoms with van der Waals surface area (Å²) in [5.41, 5.74) is 3.13. The summed E-state index contributed by atoms with van der Waals surface area (Å²) in [7, 11) is 1.58. The molecule has 1 aliphatic heterocycles. The van der Waals surface area contributed by atoms with Gasteiger partial charge in [-0.15, -0.1) is 0 Å². The zero-order valence-corrected chi connectivity index (χ0v) is 20.9. The van der Waals surface area contributed by atoms with Crippen LogP contribution in [0.3, 0.4) is 0 Å². The van der Waals surface area contributed by atoms with Crippen LogP contribution in [0.5, 0.6) is 5.75 Å². The highest BCUT2D eigenvalue weighted by Crippen LogP contribution is 2.38. The highest BCUT2D eigenvalue weighted by Gasteiger charge is 2.39. The predicted octanol–water partition coefficient (Wildman–Crippen LogP) is 5.21. The van der Waals surface area contributed by atoms with Crippen LogP contribution in [0.4, 0.5) is 0 Å². The highest BCUT2D eigenvalue weighted by molar-refractivity contribution is 6.07. The average Bonchev–Trinajstić information content (AvgIpc) is 3.57. The van der Waals surface area contributed by atoms with Gasteiger partial charge in [0.1, 0.15) is 17.1 Å². The van der Waals surface area contributed by atoms with Gasteiger partial charge in [-0.05, 0) is 56.7 Å². The van der Waals surface area contributed by atoms with Crippen LogP contribution >= 0.6 is 0 Å². The lowest BCUT2D eigenvalue weighted by Gasteiger charge is -2.31. The first-order valence-electron chi connectivity index (χ1n) is 12.6. The number of hydrogen-bond donors (Lipinski definition) is 3. The number of rotatable bonds is 6. The molecule has 2 fully saturated rings. The Morgan fingerprint density at radius 3 is 2.81 bits per heavy atom. The van der Waals surface area contributed by atoms with E-state index in [1.165, 1.54) is 19.3 Å². The molecule has 188 valence electrons. The first-order valence-corrected chi connectivity index (χ1v) is 12.6. The van der Waals surface area contributed by atoms with Crippen LogP contribution in [-0.4, -0.2) is 47.5 Å². The molecule has 36 heavy (non-hydrogen) atoms. The number of H-pyrrole nitrogens is 1. The molecule has 0 spiro atoms. The standard InChI is InChI=1S/C28H32N4O4/c1-16-21(28(34)32-13-11-18-6-4-5-7-22(18)32)15-31-26(16)23(10-12-29)36-19-8-9-20-24(14-19)35-17(2)25(20)27(33)30-3/h8-10,12,14-15,18,22,29,31H,4-7,11,13H2,1-3H3,(H,30,33)/b23-10+,29-12?/t18-,22-/m0/s1. The molecular weight excluding hydrogens is 456 g/mol. The molecule has 3 heterocycles. The maximum absolute atomic E-state index is 13.5. The normalized spacial score (nSPS) is 19.9. The second-order valence-electron chi connectivity index (χ2n) is 9.67. The van der Waals surface area contributed by atoms with Crippen molar-refractivity contribution in [2.75, 3.05) is 13.6 Å². The van der Waals surface area contributed by atoms with Gasteiger partial charge in [-0.1, -0.05) is 12.8 Å². The second kappa shape index (κ2) is 9.68. The van der Waals surface area contributed by atoms with Crippen molar-refractivity contribution in [1.82, 2.24) is 15.2 Å². The van der Waals surface area contributed by atoms with E-state index >= 15 is 0 Å². The van der Waals surface area contributed by atoms with Gasteiger partial charge in [0, 0.05) is 49.6 Å². The van der Waals surface area contributed by atoms with Crippen molar-refractivity contribution in [1.29, 1.82) is 5.41 Å². The number of aromatic amines is 1. The van der Waals surface area contributed by atoms with Crippen LogP contribution in [0.25, 0.3) is 16.7 Å². The van der Waals surface area contributed by atoms with Gasteiger partial charge in [0.15, 0.2) is 5.76 Å². The third-order valence-corrected chi connectivity index (χ3v) is 7.64. The van der Waals surface area contributed by atoms with E-state index in [0.29, 0.717) is 57.0 Å². The molecule has 0 bridgehead atoms. The summed E-state index contributed by atoms with van der Waals surface area (Å²) in [6.45, 7) is 4.47. The molecule has 3 aromatic rings. The van der Waals surface area contributed by atoms with Crippen LogP contribution in [0.2, 0.25) is 0 Å².